The second kappa shape index (κ2) is 7.75. The number of aromatic amines is 1. The summed E-state index contributed by atoms with van der Waals surface area (Å²) in [6.07, 6.45) is 3.66. The normalized spacial score (nSPS) is 11.5. The standard InChI is InChI=1S/C19H21BrN6O2/c1-3-4-5-9-25-16-15(21-18(20)22-16)17(27)26-14(23-24-19(25)26)11-12-7-6-8-13(10-12)28-2/h6-8,10H,3-5,9,11H2,1-2H3,(H,21,22). The molecule has 0 fully saturated rings. The van der Waals surface area contributed by atoms with E-state index in [1.54, 1.807) is 11.5 Å². The van der Waals surface area contributed by atoms with Gasteiger partial charge in [-0.25, -0.2) is 9.38 Å². The van der Waals surface area contributed by atoms with Crippen LogP contribution >= 0.6 is 15.9 Å². The van der Waals surface area contributed by atoms with Crippen molar-refractivity contribution in [1.29, 1.82) is 0 Å². The average molecular weight is 445 g/mol. The minimum absolute atomic E-state index is 0.196. The lowest BCUT2D eigenvalue weighted by molar-refractivity contribution is 0.414. The summed E-state index contributed by atoms with van der Waals surface area (Å²) in [6, 6.07) is 7.73. The van der Waals surface area contributed by atoms with Crippen molar-refractivity contribution >= 4 is 32.9 Å². The van der Waals surface area contributed by atoms with Crippen molar-refractivity contribution < 1.29 is 4.74 Å². The fraction of sp³-hybridized carbons (Fsp3) is 0.368. The average Bonchev–Trinajstić information content (AvgIpc) is 3.29. The zero-order chi connectivity index (χ0) is 19.7. The van der Waals surface area contributed by atoms with Gasteiger partial charge < -0.3 is 9.72 Å². The van der Waals surface area contributed by atoms with Gasteiger partial charge in [-0.2, -0.15) is 0 Å². The van der Waals surface area contributed by atoms with Gasteiger partial charge in [0.05, 0.1) is 7.11 Å². The van der Waals surface area contributed by atoms with E-state index in [-0.39, 0.29) is 5.56 Å². The number of benzene rings is 1. The maximum Gasteiger partial charge on any atom is 0.286 e. The molecule has 0 bridgehead atoms. The van der Waals surface area contributed by atoms with Crippen LogP contribution in [0.3, 0.4) is 0 Å². The van der Waals surface area contributed by atoms with Crippen LogP contribution < -0.4 is 10.3 Å². The van der Waals surface area contributed by atoms with Gasteiger partial charge in [-0.15, -0.1) is 10.2 Å². The van der Waals surface area contributed by atoms with E-state index < -0.39 is 0 Å². The van der Waals surface area contributed by atoms with Crippen LogP contribution in [0.1, 0.15) is 37.6 Å². The SMILES string of the molecule is CCCCCn1c2nc(Br)[nH]c2c(=O)n2c(Cc3cccc(OC)c3)nnc12. The van der Waals surface area contributed by atoms with Crippen LogP contribution in [0.25, 0.3) is 16.9 Å². The van der Waals surface area contributed by atoms with E-state index in [9.17, 15) is 4.79 Å². The minimum atomic E-state index is -0.196. The summed E-state index contributed by atoms with van der Waals surface area (Å²) in [5.74, 6) is 1.87. The van der Waals surface area contributed by atoms with E-state index in [4.69, 9.17) is 4.74 Å². The van der Waals surface area contributed by atoms with Crippen molar-refractivity contribution in [2.75, 3.05) is 7.11 Å². The van der Waals surface area contributed by atoms with Gasteiger partial charge in [0, 0.05) is 13.0 Å². The van der Waals surface area contributed by atoms with Gasteiger partial charge in [-0.05, 0) is 40.0 Å². The summed E-state index contributed by atoms with van der Waals surface area (Å²) in [6.45, 7) is 2.88. The fourth-order valence-electron chi connectivity index (χ4n) is 3.38. The highest BCUT2D eigenvalue weighted by Gasteiger charge is 2.19. The number of nitrogens with one attached hydrogen (secondary N) is 1. The maximum absolute atomic E-state index is 13.1. The molecular weight excluding hydrogens is 424 g/mol. The summed E-state index contributed by atoms with van der Waals surface area (Å²) < 4.78 is 9.37. The third kappa shape index (κ3) is 3.30. The molecule has 28 heavy (non-hydrogen) atoms. The Morgan fingerprint density at radius 1 is 1.25 bits per heavy atom. The van der Waals surface area contributed by atoms with Gasteiger partial charge in [0.2, 0.25) is 5.78 Å². The van der Waals surface area contributed by atoms with Crippen LogP contribution in [0.15, 0.2) is 33.8 Å². The van der Waals surface area contributed by atoms with Gasteiger partial charge in [0.1, 0.15) is 11.6 Å². The Hall–Kier alpha value is -2.68. The molecule has 3 heterocycles. The number of methoxy groups -OCH3 is 1. The fourth-order valence-corrected chi connectivity index (χ4v) is 3.75. The Bertz CT molecular complexity index is 1190. The number of halogens is 1. The van der Waals surface area contributed by atoms with Crippen molar-refractivity contribution in [3.8, 4) is 5.75 Å². The summed E-state index contributed by atoms with van der Waals surface area (Å²) >= 11 is 3.35. The molecule has 1 aromatic carbocycles. The molecule has 0 unspecified atom stereocenters. The Morgan fingerprint density at radius 3 is 2.89 bits per heavy atom. The molecule has 4 rings (SSSR count). The topological polar surface area (TPSA) is 90.1 Å². The first-order valence-corrected chi connectivity index (χ1v) is 10.1. The second-order valence-corrected chi connectivity index (χ2v) is 7.42. The van der Waals surface area contributed by atoms with Crippen LogP contribution in [0.4, 0.5) is 0 Å². The summed E-state index contributed by atoms with van der Waals surface area (Å²) in [7, 11) is 1.63. The molecule has 146 valence electrons. The lowest BCUT2D eigenvalue weighted by Crippen LogP contribution is -2.21. The van der Waals surface area contributed by atoms with Gasteiger partial charge in [-0.3, -0.25) is 9.36 Å². The molecular formula is C19H21BrN6O2. The molecule has 1 N–H and O–H groups in total. The molecule has 4 aromatic rings. The molecule has 0 saturated heterocycles. The molecule has 9 heteroatoms. The first-order chi connectivity index (χ1) is 13.6. The number of unbranched alkanes of at least 4 members (excludes halogenated alkanes) is 2. The van der Waals surface area contributed by atoms with Crippen molar-refractivity contribution in [1.82, 2.24) is 29.1 Å². The van der Waals surface area contributed by atoms with E-state index in [1.165, 1.54) is 0 Å². The van der Waals surface area contributed by atoms with E-state index >= 15 is 0 Å². The van der Waals surface area contributed by atoms with Crippen molar-refractivity contribution in [3.63, 3.8) is 0 Å². The number of H-pyrrole nitrogens is 1. The summed E-state index contributed by atoms with van der Waals surface area (Å²) in [5.41, 5.74) is 1.85. The molecule has 8 nitrogen and oxygen atoms in total. The molecule has 0 aliphatic rings. The number of nitrogens with zero attached hydrogens (tertiary/aromatic N) is 5. The van der Waals surface area contributed by atoms with Crippen LogP contribution in [-0.4, -0.2) is 36.2 Å². The monoisotopic (exact) mass is 444 g/mol. The predicted molar refractivity (Wildman–Crippen MR) is 110 cm³/mol. The van der Waals surface area contributed by atoms with Crippen molar-refractivity contribution in [2.24, 2.45) is 0 Å². The Kier molecular flexibility index (Phi) is 5.17. The van der Waals surface area contributed by atoms with Gasteiger partial charge in [-0.1, -0.05) is 31.9 Å². The largest absolute Gasteiger partial charge is 0.497 e. The first kappa shape index (κ1) is 18.7. The number of ether oxygens (including phenoxy) is 1. The number of hydrogen-bond donors (Lipinski definition) is 1. The van der Waals surface area contributed by atoms with Crippen LogP contribution in [-0.2, 0) is 13.0 Å². The highest BCUT2D eigenvalue weighted by molar-refractivity contribution is 9.10. The van der Waals surface area contributed by atoms with Crippen LogP contribution in [0, 0.1) is 0 Å². The van der Waals surface area contributed by atoms with Gasteiger partial charge in [0.15, 0.2) is 15.9 Å². The number of aromatic nitrogens is 6. The highest BCUT2D eigenvalue weighted by atomic mass is 79.9. The molecule has 0 aliphatic heterocycles. The van der Waals surface area contributed by atoms with Crippen molar-refractivity contribution in [3.05, 3.63) is 50.7 Å². The molecule has 0 atom stereocenters. The Balaban J connectivity index is 1.86. The van der Waals surface area contributed by atoms with E-state index in [2.05, 4.69) is 43.0 Å². The maximum atomic E-state index is 13.1. The molecule has 0 aliphatic carbocycles. The van der Waals surface area contributed by atoms with Crippen LogP contribution in [0.5, 0.6) is 5.75 Å². The molecule has 0 saturated carbocycles. The number of fused-ring (bicyclic) bond motifs is 2. The van der Waals surface area contributed by atoms with E-state index in [0.717, 1.165) is 37.1 Å². The first-order valence-electron chi connectivity index (χ1n) is 9.27. The molecule has 0 radical (unpaired) electrons. The zero-order valence-corrected chi connectivity index (χ0v) is 17.4. The number of rotatable bonds is 7. The van der Waals surface area contributed by atoms with Gasteiger partial charge in [0.25, 0.3) is 5.56 Å². The lowest BCUT2D eigenvalue weighted by atomic mass is 10.1. The number of imidazole rings is 1. The summed E-state index contributed by atoms with van der Waals surface area (Å²) in [4.78, 5) is 20.6. The van der Waals surface area contributed by atoms with Gasteiger partial charge >= 0.3 is 0 Å². The smallest absolute Gasteiger partial charge is 0.286 e. The molecule has 3 aromatic heterocycles. The Labute approximate surface area is 169 Å². The third-order valence-corrected chi connectivity index (χ3v) is 5.14. The lowest BCUT2D eigenvalue weighted by Gasteiger charge is -2.09. The predicted octanol–water partition coefficient (Wildman–Crippen LogP) is 3.32. The molecule has 0 amide bonds. The Morgan fingerprint density at radius 2 is 2.11 bits per heavy atom. The third-order valence-electron chi connectivity index (χ3n) is 4.76. The second-order valence-electron chi connectivity index (χ2n) is 6.67. The minimum Gasteiger partial charge on any atom is -0.497 e. The molecule has 0 spiro atoms. The number of hydrogen-bond acceptors (Lipinski definition) is 5. The highest BCUT2D eigenvalue weighted by Crippen LogP contribution is 2.19. The quantitative estimate of drug-likeness (QED) is 0.348. The summed E-state index contributed by atoms with van der Waals surface area (Å²) in [5, 5.41) is 8.65. The zero-order valence-electron chi connectivity index (χ0n) is 15.8. The van der Waals surface area contributed by atoms with E-state index in [0.29, 0.717) is 33.9 Å². The number of aryl methyl sites for hydroxylation is 1. The van der Waals surface area contributed by atoms with Crippen molar-refractivity contribution in [2.45, 2.75) is 39.2 Å². The van der Waals surface area contributed by atoms with Crippen LogP contribution in [0.2, 0.25) is 0 Å². The van der Waals surface area contributed by atoms with E-state index in [1.807, 2.05) is 28.8 Å².